The van der Waals surface area contributed by atoms with Gasteiger partial charge in [0, 0.05) is 55.4 Å². The molecule has 0 aliphatic carbocycles. The fraction of sp³-hybridized carbons (Fsp3) is 0.426. The standard InChI is InChI=1S/C47H54I9N9O22/c48-26-20(41(82)57-1-14(73)4-66)29(51)35(63-38(79)17(76)7-69)32(54)23(26)44(85)60-10-47(13-72,11-61-45(86)24-27(49)21(42(83)58-2-15(74)5-67)30(52)36(33(24)55)64-39(80)18(77)8-70)12-62-46(87)25-28(50)22(43(84)59-3-16(75)6-68)31(53)37(34(25)56)65-40(81)19(78)9-71/h14-19,66-78H,1-13H2,(H,57,82)(H,58,83)(H,59,84)(H,60,85)(H,61,86)(H,62,87)(H,63,79)(H,64,80)(H,65,81). The summed E-state index contributed by atoms with van der Waals surface area (Å²) in [7, 11) is 0. The first kappa shape index (κ1) is 80.2. The van der Waals surface area contributed by atoms with Gasteiger partial charge in [0.05, 0.1) is 136 Å². The highest BCUT2D eigenvalue weighted by Crippen LogP contribution is 2.39. The fourth-order valence-electron chi connectivity index (χ4n) is 6.90. The van der Waals surface area contributed by atoms with Crippen LogP contribution in [0.15, 0.2) is 0 Å². The van der Waals surface area contributed by atoms with E-state index in [-0.39, 0.29) is 82.6 Å². The van der Waals surface area contributed by atoms with E-state index in [1.54, 1.807) is 203 Å². The molecule has 0 saturated carbocycles. The maximum absolute atomic E-state index is 14.8. The molecule has 0 saturated heterocycles. The summed E-state index contributed by atoms with van der Waals surface area (Å²) in [5.41, 5.74) is -4.46. The highest BCUT2D eigenvalue weighted by Gasteiger charge is 2.38. The average Bonchev–Trinajstić information content (AvgIpc) is 0.910. The number of nitrogens with one attached hydrogen (secondary N) is 9. The average molecular weight is 2240 g/mol. The monoisotopic (exact) mass is 2240 g/mol. The van der Waals surface area contributed by atoms with Crippen molar-refractivity contribution >= 4 is 274 Å². The molecular weight excluding hydrogens is 2180 g/mol. The van der Waals surface area contributed by atoms with Gasteiger partial charge in [0.2, 0.25) is 0 Å². The summed E-state index contributed by atoms with van der Waals surface area (Å²) in [4.78, 5) is 125. The fourth-order valence-corrected chi connectivity index (χ4v) is 20.1. The van der Waals surface area contributed by atoms with E-state index < -0.39 is 181 Å². The maximum Gasteiger partial charge on any atom is 0.255 e. The van der Waals surface area contributed by atoms with Gasteiger partial charge in [-0.1, -0.05) is 0 Å². The Morgan fingerprint density at radius 1 is 0.310 bits per heavy atom. The zero-order valence-electron chi connectivity index (χ0n) is 44.0. The van der Waals surface area contributed by atoms with Crippen LogP contribution in [0.1, 0.15) is 62.1 Å². The maximum atomic E-state index is 14.8. The second kappa shape index (κ2) is 37.7. The van der Waals surface area contributed by atoms with Gasteiger partial charge in [0.25, 0.3) is 53.2 Å². The lowest BCUT2D eigenvalue weighted by Gasteiger charge is -2.33. The van der Waals surface area contributed by atoms with Gasteiger partial charge < -0.3 is 114 Å². The van der Waals surface area contributed by atoms with E-state index in [2.05, 4.69) is 47.9 Å². The van der Waals surface area contributed by atoms with Gasteiger partial charge >= 0.3 is 0 Å². The molecule has 0 radical (unpaired) electrons. The minimum atomic E-state index is -1.99. The van der Waals surface area contributed by atoms with Crippen molar-refractivity contribution in [2.75, 3.05) is 101 Å². The van der Waals surface area contributed by atoms with Crippen LogP contribution in [0, 0.1) is 37.5 Å². The summed E-state index contributed by atoms with van der Waals surface area (Å²) in [6.07, 6.45) is -10.3. The zero-order valence-corrected chi connectivity index (χ0v) is 63.5. The van der Waals surface area contributed by atoms with Gasteiger partial charge in [-0.3, -0.25) is 43.2 Å². The molecule has 0 heterocycles. The van der Waals surface area contributed by atoms with Crippen LogP contribution in [0.25, 0.3) is 0 Å². The molecular formula is C47H54I9N9O22. The van der Waals surface area contributed by atoms with Gasteiger partial charge in [-0.2, -0.15) is 0 Å². The number of anilines is 3. The SMILES string of the molecule is O=C(NCC(O)CO)c1c(I)c(NC(=O)C(O)CO)c(I)c(C(=O)NCC(CO)(CNC(=O)c2c(I)c(NC(=O)C(O)CO)c(I)c(C(=O)NCC(O)CO)c2I)CNC(=O)c2c(I)c(NC(=O)C(O)CO)c(I)c(C(=O)NCC(O)CO)c2I)c1I. The third-order valence-electron chi connectivity index (χ3n) is 11.8. The van der Waals surface area contributed by atoms with Gasteiger partial charge in [-0.05, 0) is 203 Å². The molecule has 482 valence electrons. The Labute approximate surface area is 615 Å². The molecule has 3 aromatic rings. The van der Waals surface area contributed by atoms with Crippen molar-refractivity contribution in [3.8, 4) is 0 Å². The molecule has 6 atom stereocenters. The van der Waals surface area contributed by atoms with Crippen LogP contribution >= 0.6 is 203 Å². The number of benzene rings is 3. The molecule has 0 fully saturated rings. The molecule has 31 nitrogen and oxygen atoms in total. The Bertz CT molecular complexity index is 2800. The molecule has 3 rings (SSSR count). The Morgan fingerprint density at radius 2 is 0.506 bits per heavy atom. The predicted molar refractivity (Wildman–Crippen MR) is 382 cm³/mol. The van der Waals surface area contributed by atoms with E-state index in [4.69, 9.17) is 0 Å². The molecule has 6 unspecified atom stereocenters. The lowest BCUT2D eigenvalue weighted by molar-refractivity contribution is -0.126. The molecule has 87 heavy (non-hydrogen) atoms. The summed E-state index contributed by atoms with van der Waals surface area (Å²) in [6, 6.07) is 0. The van der Waals surface area contributed by atoms with Gasteiger partial charge in [-0.25, -0.2) is 0 Å². The van der Waals surface area contributed by atoms with Crippen molar-refractivity contribution < 1.29 is 110 Å². The van der Waals surface area contributed by atoms with E-state index in [0.29, 0.717) is 0 Å². The van der Waals surface area contributed by atoms with E-state index in [1.165, 1.54) is 0 Å². The van der Waals surface area contributed by atoms with Gasteiger partial charge in [0.1, 0.15) is 0 Å². The molecule has 0 bridgehead atoms. The van der Waals surface area contributed by atoms with Crippen molar-refractivity contribution in [2.24, 2.45) is 5.41 Å². The summed E-state index contributed by atoms with van der Waals surface area (Å²) in [5, 5.41) is 151. The van der Waals surface area contributed by atoms with Gasteiger partial charge in [0.15, 0.2) is 18.3 Å². The van der Waals surface area contributed by atoms with Crippen molar-refractivity contribution in [3.63, 3.8) is 0 Å². The molecule has 22 N–H and O–H groups in total. The quantitative estimate of drug-likeness (QED) is 0.0282. The molecule has 0 aromatic heterocycles. The topological polar surface area (TPSA) is 525 Å². The van der Waals surface area contributed by atoms with Crippen LogP contribution in [0.5, 0.6) is 0 Å². The molecule has 0 spiro atoms. The highest BCUT2D eigenvalue weighted by atomic mass is 127. The number of hydrogen-bond donors (Lipinski definition) is 22. The van der Waals surface area contributed by atoms with Crippen molar-refractivity contribution in [3.05, 3.63) is 65.5 Å². The minimum absolute atomic E-state index is 0.00587. The third-order valence-corrected chi connectivity index (χ3v) is 21.5. The third kappa shape index (κ3) is 21.0. The first-order valence-electron chi connectivity index (χ1n) is 24.4. The summed E-state index contributed by atoms with van der Waals surface area (Å²) in [5.74, 6) is -9.45. The van der Waals surface area contributed by atoms with Crippen LogP contribution in [0.4, 0.5) is 17.1 Å². The van der Waals surface area contributed by atoms with E-state index >= 15 is 0 Å². The number of hydrogen-bond acceptors (Lipinski definition) is 22. The minimum Gasteiger partial charge on any atom is -0.396 e. The molecule has 0 aliphatic rings. The second-order valence-electron chi connectivity index (χ2n) is 18.1. The van der Waals surface area contributed by atoms with E-state index in [1.807, 2.05) is 0 Å². The van der Waals surface area contributed by atoms with Crippen molar-refractivity contribution in [1.82, 2.24) is 31.9 Å². The van der Waals surface area contributed by atoms with Crippen LogP contribution < -0.4 is 47.9 Å². The number of aliphatic hydroxyl groups excluding tert-OH is 13. The molecule has 3 aromatic carbocycles. The zero-order chi connectivity index (χ0) is 66.1. The lowest BCUT2D eigenvalue weighted by Crippen LogP contribution is -2.54. The lowest BCUT2D eigenvalue weighted by atomic mass is 9.87. The summed E-state index contributed by atoms with van der Waals surface area (Å²) in [6.45, 7) is -10.2. The number of carbonyl (C=O) groups is 9. The smallest absolute Gasteiger partial charge is 0.255 e. The highest BCUT2D eigenvalue weighted by molar-refractivity contribution is 14.1. The first-order chi connectivity index (χ1) is 40.8. The molecule has 9 amide bonds. The predicted octanol–water partition coefficient (Wildman–Crippen LogP) is -3.18. The normalized spacial score (nSPS) is 14.0. The Morgan fingerprint density at radius 3 is 0.678 bits per heavy atom. The number of rotatable bonds is 31. The van der Waals surface area contributed by atoms with Crippen LogP contribution in [0.2, 0.25) is 0 Å². The van der Waals surface area contributed by atoms with Crippen LogP contribution in [-0.4, -0.2) is 242 Å². The van der Waals surface area contributed by atoms with Gasteiger partial charge in [-0.15, -0.1) is 0 Å². The van der Waals surface area contributed by atoms with E-state index in [9.17, 15) is 110 Å². The van der Waals surface area contributed by atoms with Crippen LogP contribution in [0.3, 0.4) is 0 Å². The summed E-state index contributed by atoms with van der Waals surface area (Å²) >= 11 is 15.0. The Hall–Kier alpha value is -1.06. The largest absolute Gasteiger partial charge is 0.396 e. The second-order valence-corrected chi connectivity index (χ2v) is 27.8. The van der Waals surface area contributed by atoms with Crippen molar-refractivity contribution in [2.45, 2.75) is 36.6 Å². The number of halogens is 9. The number of amides is 9. The Kier molecular flexibility index (Phi) is 34.8. The number of carbonyl (C=O) groups excluding carboxylic acids is 9. The molecule has 0 aliphatic heterocycles. The van der Waals surface area contributed by atoms with E-state index in [0.717, 1.165) is 0 Å². The molecule has 40 heteroatoms. The summed E-state index contributed by atoms with van der Waals surface area (Å²) < 4.78 is -0.464. The van der Waals surface area contributed by atoms with Crippen molar-refractivity contribution in [1.29, 1.82) is 0 Å². The Balaban J connectivity index is 2.40. The first-order valence-corrected chi connectivity index (χ1v) is 34.1. The number of aliphatic hydroxyl groups is 13. The van der Waals surface area contributed by atoms with Crippen LogP contribution in [-0.2, 0) is 14.4 Å².